The lowest BCUT2D eigenvalue weighted by Crippen LogP contribution is -2.06. The summed E-state index contributed by atoms with van der Waals surface area (Å²) >= 11 is 11.8. The molecule has 18 heavy (non-hydrogen) atoms. The van der Waals surface area contributed by atoms with Crippen molar-refractivity contribution in [2.24, 2.45) is 0 Å². The summed E-state index contributed by atoms with van der Waals surface area (Å²) in [5.74, 6) is -0.245. The van der Waals surface area contributed by atoms with Crippen LogP contribution in [0.2, 0.25) is 10.0 Å². The molecule has 2 aromatic carbocycles. The predicted octanol–water partition coefficient (Wildman–Crippen LogP) is 5.31. The minimum absolute atomic E-state index is 0.0322. The van der Waals surface area contributed by atoms with Crippen molar-refractivity contribution in [3.05, 3.63) is 63.9 Å². The van der Waals surface area contributed by atoms with Crippen LogP contribution in [-0.2, 0) is 0 Å². The van der Waals surface area contributed by atoms with Gasteiger partial charge in [0.2, 0.25) is 0 Å². The van der Waals surface area contributed by atoms with Gasteiger partial charge in [-0.25, -0.2) is 4.39 Å². The maximum absolute atomic E-state index is 13.1. The number of benzene rings is 2. The topological polar surface area (TPSA) is 12.0 Å². The fourth-order valence-corrected chi connectivity index (χ4v) is 2.27. The van der Waals surface area contributed by atoms with Crippen molar-refractivity contribution in [1.82, 2.24) is 0 Å². The highest BCUT2D eigenvalue weighted by Crippen LogP contribution is 2.26. The first-order valence-electron chi connectivity index (χ1n) is 5.53. The number of hydrogen-bond acceptors (Lipinski definition) is 1. The van der Waals surface area contributed by atoms with Gasteiger partial charge in [-0.2, -0.15) is 0 Å². The Bertz CT molecular complexity index is 537. The van der Waals surface area contributed by atoms with Gasteiger partial charge in [0.1, 0.15) is 5.82 Å². The average Bonchev–Trinajstić information content (AvgIpc) is 2.27. The fraction of sp³-hybridized carbons (Fsp3) is 0.143. The number of hydrogen-bond donors (Lipinski definition) is 1. The SMILES string of the molecule is CC(Nc1cc(Cl)cc(Cl)c1)c1cccc(F)c1. The van der Waals surface area contributed by atoms with Gasteiger partial charge in [0.25, 0.3) is 0 Å². The number of anilines is 1. The molecule has 0 aromatic heterocycles. The van der Waals surface area contributed by atoms with Gasteiger partial charge in [-0.1, -0.05) is 35.3 Å². The third-order valence-corrected chi connectivity index (χ3v) is 3.03. The van der Waals surface area contributed by atoms with Crippen molar-refractivity contribution >= 4 is 28.9 Å². The number of rotatable bonds is 3. The van der Waals surface area contributed by atoms with E-state index in [4.69, 9.17) is 23.2 Å². The molecule has 94 valence electrons. The van der Waals surface area contributed by atoms with Crippen LogP contribution in [0.15, 0.2) is 42.5 Å². The van der Waals surface area contributed by atoms with Crippen LogP contribution in [0, 0.1) is 5.82 Å². The molecule has 0 bridgehead atoms. The monoisotopic (exact) mass is 283 g/mol. The van der Waals surface area contributed by atoms with E-state index in [1.54, 1.807) is 24.3 Å². The molecule has 0 aliphatic carbocycles. The van der Waals surface area contributed by atoms with Gasteiger partial charge in [-0.15, -0.1) is 0 Å². The zero-order chi connectivity index (χ0) is 13.1. The van der Waals surface area contributed by atoms with Crippen LogP contribution in [0.5, 0.6) is 0 Å². The van der Waals surface area contributed by atoms with Gasteiger partial charge in [-0.05, 0) is 42.8 Å². The van der Waals surface area contributed by atoms with Crippen LogP contribution >= 0.6 is 23.2 Å². The Kier molecular flexibility index (Phi) is 4.10. The first-order valence-corrected chi connectivity index (χ1v) is 6.28. The summed E-state index contributed by atoms with van der Waals surface area (Å²) in [7, 11) is 0. The second-order valence-electron chi connectivity index (χ2n) is 4.08. The predicted molar refractivity (Wildman–Crippen MR) is 74.9 cm³/mol. The molecule has 0 aliphatic heterocycles. The summed E-state index contributed by atoms with van der Waals surface area (Å²) in [6, 6.07) is 11.7. The van der Waals surface area contributed by atoms with E-state index in [1.165, 1.54) is 12.1 Å². The molecule has 0 spiro atoms. The molecule has 0 fully saturated rings. The quantitative estimate of drug-likeness (QED) is 0.805. The van der Waals surface area contributed by atoms with Crippen molar-refractivity contribution in [2.75, 3.05) is 5.32 Å². The van der Waals surface area contributed by atoms with E-state index in [0.717, 1.165) is 11.3 Å². The van der Waals surface area contributed by atoms with E-state index < -0.39 is 0 Å². The van der Waals surface area contributed by atoms with Crippen molar-refractivity contribution < 1.29 is 4.39 Å². The van der Waals surface area contributed by atoms with E-state index in [1.807, 2.05) is 13.0 Å². The lowest BCUT2D eigenvalue weighted by atomic mass is 10.1. The molecule has 4 heteroatoms. The van der Waals surface area contributed by atoms with Crippen LogP contribution in [0.3, 0.4) is 0 Å². The Morgan fingerprint density at radius 3 is 2.33 bits per heavy atom. The minimum atomic E-state index is -0.245. The highest BCUT2D eigenvalue weighted by atomic mass is 35.5. The van der Waals surface area contributed by atoms with Crippen LogP contribution < -0.4 is 5.32 Å². The summed E-state index contributed by atoms with van der Waals surface area (Å²) in [6.45, 7) is 1.95. The molecule has 1 unspecified atom stereocenters. The van der Waals surface area contributed by atoms with E-state index in [2.05, 4.69) is 5.32 Å². The summed E-state index contributed by atoms with van der Waals surface area (Å²) in [4.78, 5) is 0. The van der Waals surface area contributed by atoms with Gasteiger partial charge < -0.3 is 5.32 Å². The Morgan fingerprint density at radius 1 is 1.06 bits per heavy atom. The molecule has 1 N–H and O–H groups in total. The zero-order valence-electron chi connectivity index (χ0n) is 9.75. The number of nitrogens with one attached hydrogen (secondary N) is 1. The summed E-state index contributed by atoms with van der Waals surface area (Å²) in [5.41, 5.74) is 1.68. The fourth-order valence-electron chi connectivity index (χ4n) is 1.75. The molecule has 0 heterocycles. The molecule has 0 radical (unpaired) electrons. The van der Waals surface area contributed by atoms with Gasteiger partial charge in [-0.3, -0.25) is 0 Å². The Hall–Kier alpha value is -1.25. The average molecular weight is 284 g/mol. The van der Waals surface area contributed by atoms with Crippen molar-refractivity contribution in [1.29, 1.82) is 0 Å². The van der Waals surface area contributed by atoms with Gasteiger partial charge in [0.15, 0.2) is 0 Å². The molecular formula is C14H12Cl2FN. The van der Waals surface area contributed by atoms with E-state index in [9.17, 15) is 4.39 Å². The van der Waals surface area contributed by atoms with Crippen LogP contribution in [0.25, 0.3) is 0 Å². The molecule has 0 aliphatic rings. The Labute approximate surface area is 116 Å². The molecule has 1 atom stereocenters. The third kappa shape index (κ3) is 3.37. The zero-order valence-corrected chi connectivity index (χ0v) is 11.3. The maximum atomic E-state index is 13.1. The van der Waals surface area contributed by atoms with Gasteiger partial charge in [0.05, 0.1) is 0 Å². The minimum Gasteiger partial charge on any atom is -0.378 e. The van der Waals surface area contributed by atoms with Crippen molar-refractivity contribution in [3.8, 4) is 0 Å². The molecule has 2 aromatic rings. The molecule has 0 amide bonds. The molecule has 0 saturated heterocycles. The lowest BCUT2D eigenvalue weighted by molar-refractivity contribution is 0.623. The maximum Gasteiger partial charge on any atom is 0.123 e. The largest absolute Gasteiger partial charge is 0.378 e. The van der Waals surface area contributed by atoms with Crippen LogP contribution in [-0.4, -0.2) is 0 Å². The third-order valence-electron chi connectivity index (χ3n) is 2.59. The van der Waals surface area contributed by atoms with Crippen molar-refractivity contribution in [3.63, 3.8) is 0 Å². The van der Waals surface area contributed by atoms with E-state index >= 15 is 0 Å². The van der Waals surface area contributed by atoms with Crippen LogP contribution in [0.4, 0.5) is 10.1 Å². The van der Waals surface area contributed by atoms with Crippen LogP contribution in [0.1, 0.15) is 18.5 Å². The summed E-state index contributed by atoms with van der Waals surface area (Å²) in [5, 5.41) is 4.36. The van der Waals surface area contributed by atoms with E-state index in [-0.39, 0.29) is 11.9 Å². The van der Waals surface area contributed by atoms with Gasteiger partial charge in [0, 0.05) is 21.8 Å². The van der Waals surface area contributed by atoms with Gasteiger partial charge >= 0.3 is 0 Å². The first-order chi connectivity index (χ1) is 8.54. The molecule has 2 rings (SSSR count). The number of halogens is 3. The second kappa shape index (κ2) is 5.59. The molecule has 0 saturated carbocycles. The van der Waals surface area contributed by atoms with Crippen molar-refractivity contribution in [2.45, 2.75) is 13.0 Å². The molecule has 1 nitrogen and oxygen atoms in total. The Balaban J connectivity index is 2.18. The van der Waals surface area contributed by atoms with E-state index in [0.29, 0.717) is 10.0 Å². The smallest absolute Gasteiger partial charge is 0.123 e. The normalized spacial score (nSPS) is 12.2. The summed E-state index contributed by atoms with van der Waals surface area (Å²) in [6.07, 6.45) is 0. The summed E-state index contributed by atoms with van der Waals surface area (Å²) < 4.78 is 13.1. The second-order valence-corrected chi connectivity index (χ2v) is 4.95. The highest BCUT2D eigenvalue weighted by molar-refractivity contribution is 6.35. The molecular weight excluding hydrogens is 272 g/mol. The first kappa shape index (κ1) is 13.2. The Morgan fingerprint density at radius 2 is 1.72 bits per heavy atom. The standard InChI is InChI=1S/C14H12Cl2FN/c1-9(10-3-2-4-13(17)5-10)18-14-7-11(15)6-12(16)8-14/h2-9,18H,1H3. The lowest BCUT2D eigenvalue weighted by Gasteiger charge is -2.16. The highest BCUT2D eigenvalue weighted by Gasteiger charge is 2.07.